The van der Waals surface area contributed by atoms with Crippen molar-refractivity contribution in [1.82, 2.24) is 9.80 Å². The average Bonchev–Trinajstić information content (AvgIpc) is 2.93. The van der Waals surface area contributed by atoms with E-state index in [9.17, 15) is 13.9 Å². The molecule has 1 aromatic heterocycles. The Morgan fingerprint density at radius 3 is 2.43 bits per heavy atom. The molecule has 120 valence electrons. The molecular weight excluding hydrogens is 298 g/mol. The van der Waals surface area contributed by atoms with Gasteiger partial charge in [-0.15, -0.1) is 11.3 Å². The molecule has 1 saturated heterocycles. The Morgan fingerprint density at radius 2 is 1.86 bits per heavy atom. The quantitative estimate of drug-likeness (QED) is 0.788. The lowest BCUT2D eigenvalue weighted by molar-refractivity contribution is -0.00320. The van der Waals surface area contributed by atoms with E-state index in [0.29, 0.717) is 45.9 Å². The van der Waals surface area contributed by atoms with Crippen molar-refractivity contribution in [2.45, 2.75) is 19.1 Å². The first-order chi connectivity index (χ1) is 10.1. The Labute approximate surface area is 127 Å². The summed E-state index contributed by atoms with van der Waals surface area (Å²) in [7, 11) is 0. The van der Waals surface area contributed by atoms with Crippen LogP contribution in [0, 0.1) is 0 Å². The first-order valence-corrected chi connectivity index (χ1v) is 8.02. The number of hydrogen-bond acceptors (Lipinski definition) is 5. The summed E-state index contributed by atoms with van der Waals surface area (Å²) in [6, 6.07) is 3.97. The summed E-state index contributed by atoms with van der Waals surface area (Å²) >= 11 is 1.63. The maximum atomic E-state index is 12.3. The van der Waals surface area contributed by atoms with E-state index in [1.807, 2.05) is 17.5 Å². The van der Waals surface area contributed by atoms with Gasteiger partial charge >= 0.3 is 0 Å². The van der Waals surface area contributed by atoms with Crippen LogP contribution in [0.1, 0.15) is 4.88 Å². The molecule has 1 fully saturated rings. The van der Waals surface area contributed by atoms with Gasteiger partial charge in [-0.2, -0.15) is 0 Å². The molecule has 0 bridgehead atoms. The highest BCUT2D eigenvalue weighted by Crippen LogP contribution is 2.10. The molecule has 1 aromatic rings. The molecule has 1 aliphatic heterocycles. The van der Waals surface area contributed by atoms with Crippen LogP contribution < -0.4 is 0 Å². The number of hydrogen-bond donors (Lipinski definition) is 1. The van der Waals surface area contributed by atoms with E-state index in [2.05, 4.69) is 4.90 Å². The molecule has 0 radical (unpaired) electrons. The van der Waals surface area contributed by atoms with E-state index in [1.165, 1.54) is 0 Å². The lowest BCUT2D eigenvalue weighted by atomic mass is 10.2. The first-order valence-electron chi connectivity index (χ1n) is 7.14. The Morgan fingerprint density at radius 1 is 1.19 bits per heavy atom. The van der Waals surface area contributed by atoms with Crippen LogP contribution in [-0.2, 0) is 11.3 Å². The third-order valence-electron chi connectivity index (χ3n) is 3.46. The Balaban J connectivity index is 1.57. The van der Waals surface area contributed by atoms with Gasteiger partial charge in [-0.3, -0.25) is 9.80 Å². The third-order valence-corrected chi connectivity index (χ3v) is 4.31. The maximum Gasteiger partial charge on any atom is 0.251 e. The molecule has 2 rings (SSSR count). The number of halogens is 2. The van der Waals surface area contributed by atoms with Crippen LogP contribution in [0.3, 0.4) is 0 Å². The van der Waals surface area contributed by atoms with E-state index in [4.69, 9.17) is 4.74 Å². The van der Waals surface area contributed by atoms with Crippen LogP contribution in [0.15, 0.2) is 17.5 Å². The molecule has 2 heterocycles. The summed E-state index contributed by atoms with van der Waals surface area (Å²) in [5.74, 6) is 0. The zero-order valence-electron chi connectivity index (χ0n) is 12.0. The fourth-order valence-corrected chi connectivity index (χ4v) is 3.03. The third kappa shape index (κ3) is 6.36. The highest BCUT2D eigenvalue weighted by molar-refractivity contribution is 7.09. The average molecular weight is 320 g/mol. The van der Waals surface area contributed by atoms with Gasteiger partial charge in [0.1, 0.15) is 0 Å². The van der Waals surface area contributed by atoms with Gasteiger partial charge in [-0.05, 0) is 11.4 Å². The van der Waals surface area contributed by atoms with E-state index in [-0.39, 0.29) is 6.54 Å². The van der Waals surface area contributed by atoms with Gasteiger partial charge in [0.05, 0.1) is 25.9 Å². The van der Waals surface area contributed by atoms with Crippen molar-refractivity contribution in [3.63, 3.8) is 0 Å². The molecule has 1 atom stereocenters. The predicted octanol–water partition coefficient (Wildman–Crippen LogP) is 1.51. The minimum atomic E-state index is -2.27. The summed E-state index contributed by atoms with van der Waals surface area (Å²) in [5.41, 5.74) is 0. The van der Waals surface area contributed by atoms with Gasteiger partial charge in [-0.25, -0.2) is 8.78 Å². The minimum absolute atomic E-state index is 0.152. The largest absolute Gasteiger partial charge is 0.389 e. The van der Waals surface area contributed by atoms with Gasteiger partial charge in [0.2, 0.25) is 0 Å². The van der Waals surface area contributed by atoms with Gasteiger partial charge in [0.25, 0.3) is 6.43 Å². The number of aliphatic hydroxyl groups is 1. The van der Waals surface area contributed by atoms with Crippen LogP contribution in [0.5, 0.6) is 0 Å². The molecule has 0 aromatic carbocycles. The van der Waals surface area contributed by atoms with Crippen molar-refractivity contribution >= 4 is 11.3 Å². The smallest absolute Gasteiger partial charge is 0.251 e. The Bertz CT molecular complexity index is 384. The van der Waals surface area contributed by atoms with Gasteiger partial charge < -0.3 is 9.84 Å². The molecule has 21 heavy (non-hydrogen) atoms. The van der Waals surface area contributed by atoms with Crippen molar-refractivity contribution in [3.05, 3.63) is 22.4 Å². The minimum Gasteiger partial charge on any atom is -0.389 e. The second-order valence-corrected chi connectivity index (χ2v) is 6.27. The van der Waals surface area contributed by atoms with E-state index >= 15 is 0 Å². The van der Waals surface area contributed by atoms with Crippen molar-refractivity contribution in [2.75, 3.05) is 45.9 Å². The van der Waals surface area contributed by atoms with Crippen LogP contribution in [0.4, 0.5) is 8.78 Å². The highest BCUT2D eigenvalue weighted by Gasteiger charge is 2.21. The molecule has 1 unspecified atom stereocenters. The first kappa shape index (κ1) is 16.8. The zero-order valence-corrected chi connectivity index (χ0v) is 12.8. The molecule has 0 amide bonds. The Hall–Kier alpha value is -0.600. The van der Waals surface area contributed by atoms with Crippen LogP contribution in [0.25, 0.3) is 0 Å². The van der Waals surface area contributed by atoms with Crippen LogP contribution in [0.2, 0.25) is 0 Å². The lowest BCUT2D eigenvalue weighted by Gasteiger charge is -2.35. The van der Waals surface area contributed by atoms with Gasteiger partial charge in [0.15, 0.2) is 0 Å². The number of nitrogens with zero attached hydrogens (tertiary/aromatic N) is 2. The summed E-state index contributed by atoms with van der Waals surface area (Å²) in [4.78, 5) is 5.00. The summed E-state index contributed by atoms with van der Waals surface area (Å²) in [5, 5.41) is 11.9. The maximum absolute atomic E-state index is 12.3. The lowest BCUT2D eigenvalue weighted by Crippen LogP contribution is -2.50. The summed E-state index contributed by atoms with van der Waals surface area (Å²) < 4.78 is 30.0. The zero-order chi connectivity index (χ0) is 15.1. The normalized spacial score (nSPS) is 19.2. The highest BCUT2D eigenvalue weighted by atomic mass is 32.1. The molecular formula is C14H22F2N2O2S. The van der Waals surface area contributed by atoms with Crippen molar-refractivity contribution in [3.8, 4) is 0 Å². The molecule has 7 heteroatoms. The second-order valence-electron chi connectivity index (χ2n) is 5.24. The number of β-amino-alcohol motifs (C(OH)–C–C–N with tert-alkyl or cyclic N) is 1. The number of aliphatic hydroxyl groups excluding tert-OH is 1. The van der Waals surface area contributed by atoms with E-state index < -0.39 is 12.5 Å². The predicted molar refractivity (Wildman–Crippen MR) is 78.9 cm³/mol. The number of rotatable bonds is 8. The molecule has 4 nitrogen and oxygen atoms in total. The number of piperazine rings is 1. The Kier molecular flexibility index (Phi) is 6.98. The fourth-order valence-electron chi connectivity index (χ4n) is 2.39. The molecule has 1 aliphatic rings. The molecule has 0 saturated carbocycles. The van der Waals surface area contributed by atoms with Crippen molar-refractivity contribution < 1.29 is 18.6 Å². The van der Waals surface area contributed by atoms with Crippen LogP contribution >= 0.6 is 11.3 Å². The van der Waals surface area contributed by atoms with Crippen LogP contribution in [-0.4, -0.2) is 73.3 Å². The molecule has 0 spiro atoms. The van der Waals surface area contributed by atoms with Crippen molar-refractivity contribution in [2.24, 2.45) is 0 Å². The molecule has 1 N–H and O–H groups in total. The second kappa shape index (κ2) is 8.75. The number of alkyl halides is 2. The number of ether oxygens (including phenoxy) is 1. The van der Waals surface area contributed by atoms with Gasteiger partial charge in [0, 0.05) is 37.6 Å². The van der Waals surface area contributed by atoms with E-state index in [0.717, 1.165) is 4.88 Å². The monoisotopic (exact) mass is 320 g/mol. The topological polar surface area (TPSA) is 35.9 Å². The van der Waals surface area contributed by atoms with Crippen molar-refractivity contribution in [1.29, 1.82) is 0 Å². The SMILES string of the molecule is OC(COCc1cccs1)CN1CCN(CC(F)F)CC1. The summed E-state index contributed by atoms with van der Waals surface area (Å²) in [6.07, 6.45) is -2.81. The fraction of sp³-hybridized carbons (Fsp3) is 0.714. The standard InChI is InChI=1S/C14H22F2N2O2S/c15-14(16)9-18-5-3-17(4-6-18)8-12(19)10-20-11-13-2-1-7-21-13/h1-2,7,12,14,19H,3-6,8-11H2. The van der Waals surface area contributed by atoms with E-state index in [1.54, 1.807) is 16.2 Å². The van der Waals surface area contributed by atoms with Gasteiger partial charge in [-0.1, -0.05) is 6.07 Å². The number of thiophene rings is 1. The summed E-state index contributed by atoms with van der Waals surface area (Å²) in [6.45, 7) is 3.91. The molecule has 0 aliphatic carbocycles.